The number of nitrogens with zero attached hydrogens (tertiary/aromatic N) is 4. The molecule has 1 aromatic heterocycles. The minimum atomic E-state index is -4.02. The Morgan fingerprint density at radius 3 is 2.70 bits per heavy atom. The van der Waals surface area contributed by atoms with Crippen LogP contribution in [0.1, 0.15) is 25.7 Å². The number of hydrogen-bond acceptors (Lipinski definition) is 7. The number of amides is 1. The Morgan fingerprint density at radius 1 is 1.37 bits per heavy atom. The molecule has 0 aliphatic heterocycles. The topological polar surface area (TPSA) is 142 Å². The van der Waals surface area contributed by atoms with Gasteiger partial charge in [0.15, 0.2) is 0 Å². The van der Waals surface area contributed by atoms with E-state index in [1.54, 1.807) is 0 Å². The zero-order valence-corrected chi connectivity index (χ0v) is 17.0. The predicted octanol–water partition coefficient (Wildman–Crippen LogP) is 0.938. The lowest BCUT2D eigenvalue weighted by Crippen LogP contribution is -2.33. The number of sulfonamides is 1. The lowest BCUT2D eigenvalue weighted by molar-refractivity contribution is -0.116. The van der Waals surface area contributed by atoms with Gasteiger partial charge < -0.3 is 10.5 Å². The highest BCUT2D eigenvalue weighted by molar-refractivity contribution is 7.89. The summed E-state index contributed by atoms with van der Waals surface area (Å²) in [5.41, 5.74) is 5.43. The molecule has 0 atom stereocenters. The molecule has 3 rings (SSSR count). The fourth-order valence-corrected chi connectivity index (χ4v) is 4.36. The van der Waals surface area contributed by atoms with Crippen molar-refractivity contribution < 1.29 is 26.7 Å². The number of primary amides is 1. The molecule has 10 nitrogen and oxygen atoms in total. The van der Waals surface area contributed by atoms with Gasteiger partial charge in [-0.1, -0.05) is 0 Å². The summed E-state index contributed by atoms with van der Waals surface area (Å²) >= 11 is 0. The third kappa shape index (κ3) is 5.27. The number of rotatable bonds is 8. The average Bonchev–Trinajstić information content (AvgIpc) is 3.16. The van der Waals surface area contributed by atoms with Crippen LogP contribution in [-0.4, -0.2) is 54.1 Å². The van der Waals surface area contributed by atoms with Crippen molar-refractivity contribution in [2.24, 2.45) is 11.7 Å². The number of hydrogen-bond donors (Lipinski definition) is 2. The van der Waals surface area contributed by atoms with Crippen molar-refractivity contribution in [3.05, 3.63) is 18.2 Å². The first-order chi connectivity index (χ1) is 14.1. The maximum absolute atomic E-state index is 13.3. The van der Waals surface area contributed by atoms with Crippen LogP contribution < -0.4 is 15.2 Å². The minimum Gasteiger partial charge on any atom is -0.495 e. The number of alkyl halides is 2. The van der Waals surface area contributed by atoms with Crippen LogP contribution >= 0.6 is 0 Å². The number of tetrazole rings is 1. The van der Waals surface area contributed by atoms with Crippen LogP contribution in [0.15, 0.2) is 23.1 Å². The van der Waals surface area contributed by atoms with Gasteiger partial charge in [-0.2, -0.15) is 4.80 Å². The molecule has 1 amide bonds. The highest BCUT2D eigenvalue weighted by Gasteiger charge is 2.35. The summed E-state index contributed by atoms with van der Waals surface area (Å²) in [4.78, 5) is 12.0. The van der Waals surface area contributed by atoms with Crippen molar-refractivity contribution in [1.82, 2.24) is 24.9 Å². The van der Waals surface area contributed by atoms with E-state index in [1.165, 1.54) is 30.1 Å². The van der Waals surface area contributed by atoms with Gasteiger partial charge in [-0.3, -0.25) is 4.79 Å². The van der Waals surface area contributed by atoms with Gasteiger partial charge >= 0.3 is 0 Å². The Hall–Kier alpha value is -2.67. The molecular weight excluding hydrogens is 422 g/mol. The first-order valence-corrected chi connectivity index (χ1v) is 10.7. The Labute approximate surface area is 171 Å². The maximum Gasteiger partial charge on any atom is 0.248 e. The number of benzene rings is 1. The Balaban J connectivity index is 1.75. The SMILES string of the molecule is COc1cc(-c2nnn(CC3CCC(F)(F)CC3)n2)ccc1S(=O)(=O)NCC(N)=O. The summed E-state index contributed by atoms with van der Waals surface area (Å²) < 4.78 is 58.5. The van der Waals surface area contributed by atoms with Crippen molar-refractivity contribution in [3.8, 4) is 17.1 Å². The Bertz CT molecular complexity index is 1020. The standard InChI is InChI=1S/C17H22F2N6O4S/c1-29-13-8-12(2-3-14(13)30(27,28)21-9-15(20)26)16-22-24-25(23-16)10-11-4-6-17(18,19)7-5-11/h2-3,8,11,21H,4-7,9-10H2,1H3,(H2,20,26). The lowest BCUT2D eigenvalue weighted by Gasteiger charge is -2.27. The highest BCUT2D eigenvalue weighted by atomic mass is 32.2. The second-order valence-electron chi connectivity index (χ2n) is 7.12. The second kappa shape index (κ2) is 8.60. The molecular formula is C17H22F2N6O4S. The van der Waals surface area contributed by atoms with E-state index in [4.69, 9.17) is 10.5 Å². The van der Waals surface area contributed by atoms with E-state index in [2.05, 4.69) is 20.1 Å². The van der Waals surface area contributed by atoms with Crippen LogP contribution in [0.2, 0.25) is 0 Å². The molecule has 1 heterocycles. The van der Waals surface area contributed by atoms with E-state index < -0.39 is 28.4 Å². The molecule has 2 aromatic rings. The van der Waals surface area contributed by atoms with Crippen molar-refractivity contribution in [3.63, 3.8) is 0 Å². The van der Waals surface area contributed by atoms with Crippen molar-refractivity contribution in [2.45, 2.75) is 43.0 Å². The monoisotopic (exact) mass is 444 g/mol. The van der Waals surface area contributed by atoms with Crippen molar-refractivity contribution in [2.75, 3.05) is 13.7 Å². The number of ether oxygens (including phenoxy) is 1. The Morgan fingerprint density at radius 2 is 2.07 bits per heavy atom. The van der Waals surface area contributed by atoms with Crippen LogP contribution in [0.5, 0.6) is 5.75 Å². The van der Waals surface area contributed by atoms with Crippen LogP contribution in [-0.2, 0) is 21.4 Å². The normalized spacial score (nSPS) is 17.0. The molecule has 1 aromatic carbocycles. The van der Waals surface area contributed by atoms with Gasteiger partial charge in [0.25, 0.3) is 0 Å². The molecule has 0 radical (unpaired) electrons. The summed E-state index contributed by atoms with van der Waals surface area (Å²) in [5.74, 6) is -3.11. The van der Waals surface area contributed by atoms with E-state index >= 15 is 0 Å². The van der Waals surface area contributed by atoms with Crippen LogP contribution in [0.4, 0.5) is 8.78 Å². The van der Waals surface area contributed by atoms with E-state index in [0.717, 1.165) is 0 Å². The van der Waals surface area contributed by atoms with Gasteiger partial charge in [-0.05, 0) is 42.2 Å². The predicted molar refractivity (Wildman–Crippen MR) is 101 cm³/mol. The minimum absolute atomic E-state index is 0.0235. The second-order valence-corrected chi connectivity index (χ2v) is 8.86. The average molecular weight is 444 g/mol. The molecule has 30 heavy (non-hydrogen) atoms. The molecule has 1 saturated carbocycles. The zero-order valence-electron chi connectivity index (χ0n) is 16.2. The fourth-order valence-electron chi connectivity index (χ4n) is 3.22. The molecule has 0 spiro atoms. The maximum atomic E-state index is 13.3. The molecule has 1 aliphatic carbocycles. The summed E-state index contributed by atoms with van der Waals surface area (Å²) in [6, 6.07) is 4.20. The first-order valence-electron chi connectivity index (χ1n) is 9.22. The third-order valence-corrected chi connectivity index (χ3v) is 6.30. The summed E-state index contributed by atoms with van der Waals surface area (Å²) in [6.07, 6.45) is 0.497. The van der Waals surface area contributed by atoms with Gasteiger partial charge in [0.1, 0.15) is 10.6 Å². The van der Waals surface area contributed by atoms with Gasteiger partial charge in [0.2, 0.25) is 27.7 Å². The number of nitrogens with two attached hydrogens (primary N) is 1. The molecule has 1 fully saturated rings. The zero-order chi connectivity index (χ0) is 21.9. The highest BCUT2D eigenvalue weighted by Crippen LogP contribution is 2.36. The van der Waals surface area contributed by atoms with Crippen molar-refractivity contribution in [1.29, 1.82) is 0 Å². The van der Waals surface area contributed by atoms with Crippen molar-refractivity contribution >= 4 is 15.9 Å². The molecule has 0 saturated heterocycles. The van der Waals surface area contributed by atoms with Gasteiger partial charge in [-0.25, -0.2) is 21.9 Å². The number of halogens is 2. The first kappa shape index (κ1) is 22.0. The van der Waals surface area contributed by atoms with Gasteiger partial charge in [0.05, 0.1) is 20.2 Å². The smallest absolute Gasteiger partial charge is 0.248 e. The summed E-state index contributed by atoms with van der Waals surface area (Å²) in [5, 5.41) is 12.2. The van der Waals surface area contributed by atoms with Crippen LogP contribution in [0.3, 0.4) is 0 Å². The number of carbonyl (C=O) groups excluding carboxylic acids is 1. The summed E-state index contributed by atoms with van der Waals surface area (Å²) in [7, 11) is -2.72. The van der Waals surface area contributed by atoms with Crippen LogP contribution in [0, 0.1) is 5.92 Å². The van der Waals surface area contributed by atoms with Gasteiger partial charge in [0, 0.05) is 18.4 Å². The van der Waals surface area contributed by atoms with Crippen LogP contribution in [0.25, 0.3) is 11.4 Å². The lowest BCUT2D eigenvalue weighted by atomic mass is 9.87. The van der Waals surface area contributed by atoms with E-state index in [0.29, 0.717) is 24.9 Å². The van der Waals surface area contributed by atoms with Gasteiger partial charge in [-0.15, -0.1) is 10.2 Å². The molecule has 0 bridgehead atoms. The number of methoxy groups -OCH3 is 1. The number of nitrogens with one attached hydrogen (secondary N) is 1. The molecule has 0 unspecified atom stereocenters. The number of carbonyl (C=O) groups is 1. The molecule has 13 heteroatoms. The van der Waals surface area contributed by atoms with E-state index in [9.17, 15) is 22.0 Å². The van der Waals surface area contributed by atoms with E-state index in [-0.39, 0.29) is 35.2 Å². The Kier molecular flexibility index (Phi) is 6.31. The van der Waals surface area contributed by atoms with E-state index in [1.807, 2.05) is 0 Å². The fraction of sp³-hybridized carbons (Fsp3) is 0.529. The number of aromatic nitrogens is 4. The quantitative estimate of drug-likeness (QED) is 0.617. The molecule has 164 valence electrons. The molecule has 1 aliphatic rings. The third-order valence-electron chi connectivity index (χ3n) is 4.86. The summed E-state index contributed by atoms with van der Waals surface area (Å²) in [6.45, 7) is -0.167. The molecule has 3 N–H and O–H groups in total. The largest absolute Gasteiger partial charge is 0.495 e.